The zero-order chi connectivity index (χ0) is 22.5. The molecule has 2 aromatic carbocycles. The van der Waals surface area contributed by atoms with Crippen LogP contribution in [0.25, 0.3) is 11.0 Å². The fourth-order valence-electron chi connectivity index (χ4n) is 3.60. The average molecular weight is 447 g/mol. The van der Waals surface area contributed by atoms with E-state index < -0.39 is 6.04 Å². The van der Waals surface area contributed by atoms with E-state index in [4.69, 9.17) is 9.72 Å². The van der Waals surface area contributed by atoms with Gasteiger partial charge in [-0.3, -0.25) is 9.78 Å². The molecule has 1 N–H and O–H groups in total. The van der Waals surface area contributed by atoms with Crippen LogP contribution < -0.4 is 10.1 Å². The monoisotopic (exact) mass is 446 g/mol. The van der Waals surface area contributed by atoms with Crippen molar-refractivity contribution >= 4 is 34.4 Å². The fraction of sp³-hybridized carbons (Fsp3) is 0.240. The Hall–Kier alpha value is -3.32. The summed E-state index contributed by atoms with van der Waals surface area (Å²) < 4.78 is 7.40. The smallest absolute Gasteiger partial charge is 0.247 e. The van der Waals surface area contributed by atoms with Gasteiger partial charge < -0.3 is 14.6 Å². The number of carbonyl (C=O) groups is 1. The summed E-state index contributed by atoms with van der Waals surface area (Å²) >= 11 is 1.63. The summed E-state index contributed by atoms with van der Waals surface area (Å²) in [6.45, 7) is 4.08. The van der Waals surface area contributed by atoms with Gasteiger partial charge in [0.25, 0.3) is 0 Å². The highest BCUT2D eigenvalue weighted by atomic mass is 32.2. The molecule has 0 radical (unpaired) electrons. The van der Waals surface area contributed by atoms with E-state index in [1.54, 1.807) is 31.3 Å². The van der Waals surface area contributed by atoms with Gasteiger partial charge in [0.1, 0.15) is 11.8 Å². The molecule has 4 aromatic rings. The number of hydrogen-bond donors (Lipinski definition) is 1. The minimum atomic E-state index is -0.436. The molecule has 164 valence electrons. The molecule has 0 aliphatic heterocycles. The molecule has 2 heterocycles. The standard InChI is InChI=1S/C25H26N4O2S/c1-4-21(24(30)27-20-7-5-6-8-23(20)31-3)29-22-15-26-14-13-19(22)28-25(29)32-16-18-11-9-17(2)10-12-18/h5-15,21H,4,16H2,1-3H3,(H,27,30)/t21-/m0/s1. The summed E-state index contributed by atoms with van der Waals surface area (Å²) in [7, 11) is 1.59. The first kappa shape index (κ1) is 21.9. The lowest BCUT2D eigenvalue weighted by molar-refractivity contribution is -0.119. The van der Waals surface area contributed by atoms with Gasteiger partial charge >= 0.3 is 0 Å². The second-order valence-corrected chi connectivity index (χ2v) is 8.46. The van der Waals surface area contributed by atoms with Gasteiger partial charge in [0, 0.05) is 11.9 Å². The van der Waals surface area contributed by atoms with E-state index in [0.29, 0.717) is 17.9 Å². The highest BCUT2D eigenvalue weighted by molar-refractivity contribution is 7.98. The topological polar surface area (TPSA) is 69.0 Å². The van der Waals surface area contributed by atoms with E-state index in [1.165, 1.54) is 11.1 Å². The Morgan fingerprint density at radius 1 is 1.16 bits per heavy atom. The number of ether oxygens (including phenoxy) is 1. The maximum Gasteiger partial charge on any atom is 0.247 e. The van der Waals surface area contributed by atoms with Crippen LogP contribution in [0.1, 0.15) is 30.5 Å². The third kappa shape index (κ3) is 4.62. The molecule has 1 atom stereocenters. The molecule has 2 aromatic heterocycles. The van der Waals surface area contributed by atoms with Crippen molar-refractivity contribution in [1.29, 1.82) is 0 Å². The van der Waals surface area contributed by atoms with Gasteiger partial charge in [0.05, 0.1) is 30.0 Å². The van der Waals surface area contributed by atoms with Crippen LogP contribution in [0.2, 0.25) is 0 Å². The Morgan fingerprint density at radius 2 is 1.94 bits per heavy atom. The maximum atomic E-state index is 13.4. The zero-order valence-corrected chi connectivity index (χ0v) is 19.2. The normalized spacial score (nSPS) is 12.0. The quantitative estimate of drug-likeness (QED) is 0.355. The predicted octanol–water partition coefficient (Wildman–Crippen LogP) is 5.63. The third-order valence-electron chi connectivity index (χ3n) is 5.31. The first-order valence-corrected chi connectivity index (χ1v) is 11.5. The molecule has 0 aliphatic carbocycles. The van der Waals surface area contributed by atoms with E-state index in [0.717, 1.165) is 21.9 Å². The molecular formula is C25H26N4O2S. The van der Waals surface area contributed by atoms with E-state index in [1.807, 2.05) is 41.8 Å². The highest BCUT2D eigenvalue weighted by Crippen LogP contribution is 2.32. The van der Waals surface area contributed by atoms with E-state index in [9.17, 15) is 4.79 Å². The van der Waals surface area contributed by atoms with Gasteiger partial charge in [0.2, 0.25) is 5.91 Å². The number of hydrogen-bond acceptors (Lipinski definition) is 5. The van der Waals surface area contributed by atoms with Crippen molar-refractivity contribution in [2.24, 2.45) is 0 Å². The zero-order valence-electron chi connectivity index (χ0n) is 18.4. The Morgan fingerprint density at radius 3 is 2.69 bits per heavy atom. The van der Waals surface area contributed by atoms with Crippen LogP contribution >= 0.6 is 11.8 Å². The molecule has 0 aliphatic rings. The summed E-state index contributed by atoms with van der Waals surface area (Å²) in [5.74, 6) is 1.28. The first-order valence-electron chi connectivity index (χ1n) is 10.5. The summed E-state index contributed by atoms with van der Waals surface area (Å²) in [5.41, 5.74) is 4.77. The minimum Gasteiger partial charge on any atom is -0.495 e. The van der Waals surface area contributed by atoms with Gasteiger partial charge in [0.15, 0.2) is 5.16 Å². The molecule has 32 heavy (non-hydrogen) atoms. The number of carbonyl (C=O) groups excluding carboxylic acids is 1. The van der Waals surface area contributed by atoms with E-state index >= 15 is 0 Å². The lowest BCUT2D eigenvalue weighted by Gasteiger charge is -2.20. The summed E-state index contributed by atoms with van der Waals surface area (Å²) in [6.07, 6.45) is 4.11. The molecule has 4 rings (SSSR count). The van der Waals surface area contributed by atoms with Crippen molar-refractivity contribution in [1.82, 2.24) is 14.5 Å². The number of aromatic nitrogens is 3. The third-order valence-corrected chi connectivity index (χ3v) is 6.34. The summed E-state index contributed by atoms with van der Waals surface area (Å²) in [5, 5.41) is 3.83. The Balaban J connectivity index is 1.66. The Labute approximate surface area is 192 Å². The van der Waals surface area contributed by atoms with Crippen molar-refractivity contribution in [2.75, 3.05) is 12.4 Å². The second-order valence-electron chi connectivity index (χ2n) is 7.52. The van der Waals surface area contributed by atoms with Crippen LogP contribution in [-0.2, 0) is 10.5 Å². The van der Waals surface area contributed by atoms with E-state index in [2.05, 4.69) is 41.5 Å². The van der Waals surface area contributed by atoms with Gasteiger partial charge in [-0.15, -0.1) is 0 Å². The van der Waals surface area contributed by atoms with Gasteiger partial charge in [-0.1, -0.05) is 60.6 Å². The number of nitrogens with one attached hydrogen (secondary N) is 1. The number of methoxy groups -OCH3 is 1. The molecule has 0 saturated carbocycles. The average Bonchev–Trinajstić information content (AvgIpc) is 3.18. The van der Waals surface area contributed by atoms with Gasteiger partial charge in [-0.05, 0) is 37.1 Å². The van der Waals surface area contributed by atoms with Crippen LogP contribution in [0.4, 0.5) is 5.69 Å². The number of amides is 1. The number of benzene rings is 2. The number of thioether (sulfide) groups is 1. The number of pyridine rings is 1. The Bertz CT molecular complexity index is 1220. The van der Waals surface area contributed by atoms with Crippen molar-refractivity contribution in [3.05, 3.63) is 78.1 Å². The van der Waals surface area contributed by atoms with Crippen molar-refractivity contribution in [3.8, 4) is 5.75 Å². The predicted molar refractivity (Wildman–Crippen MR) is 129 cm³/mol. The van der Waals surface area contributed by atoms with Crippen LogP contribution in [0.3, 0.4) is 0 Å². The second kappa shape index (κ2) is 9.87. The summed E-state index contributed by atoms with van der Waals surface area (Å²) in [4.78, 5) is 22.5. The summed E-state index contributed by atoms with van der Waals surface area (Å²) in [6, 6.07) is 17.3. The number of nitrogens with zero attached hydrogens (tertiary/aromatic N) is 3. The van der Waals surface area contributed by atoms with E-state index in [-0.39, 0.29) is 5.91 Å². The number of fused-ring (bicyclic) bond motifs is 1. The number of imidazole rings is 1. The lowest BCUT2D eigenvalue weighted by atomic mass is 10.2. The molecule has 6 nitrogen and oxygen atoms in total. The van der Waals surface area contributed by atoms with Gasteiger partial charge in [-0.2, -0.15) is 0 Å². The molecule has 0 spiro atoms. The fourth-order valence-corrected chi connectivity index (χ4v) is 4.62. The molecule has 0 fully saturated rings. The maximum absolute atomic E-state index is 13.4. The Kier molecular flexibility index (Phi) is 6.75. The minimum absolute atomic E-state index is 0.114. The lowest BCUT2D eigenvalue weighted by Crippen LogP contribution is -2.26. The van der Waals surface area contributed by atoms with Crippen molar-refractivity contribution in [3.63, 3.8) is 0 Å². The number of aryl methyl sites for hydroxylation is 1. The molecule has 1 amide bonds. The first-order chi connectivity index (χ1) is 15.6. The largest absolute Gasteiger partial charge is 0.495 e. The highest BCUT2D eigenvalue weighted by Gasteiger charge is 2.25. The van der Waals surface area contributed by atoms with Crippen molar-refractivity contribution < 1.29 is 9.53 Å². The van der Waals surface area contributed by atoms with Crippen molar-refractivity contribution in [2.45, 2.75) is 37.2 Å². The van der Waals surface area contributed by atoms with Crippen LogP contribution in [-0.4, -0.2) is 27.6 Å². The van der Waals surface area contributed by atoms with Crippen LogP contribution in [0.5, 0.6) is 5.75 Å². The van der Waals surface area contributed by atoms with Crippen LogP contribution in [0, 0.1) is 6.92 Å². The number of anilines is 1. The molecular weight excluding hydrogens is 420 g/mol. The molecule has 7 heteroatoms. The number of rotatable bonds is 8. The number of para-hydroxylation sites is 2. The SMILES string of the molecule is CC[C@@H](C(=O)Nc1ccccc1OC)n1c(SCc2ccc(C)cc2)nc2ccncc21. The molecule has 0 bridgehead atoms. The van der Waals surface area contributed by atoms with Crippen LogP contribution in [0.15, 0.2) is 72.1 Å². The molecule has 0 saturated heterocycles. The van der Waals surface area contributed by atoms with Gasteiger partial charge in [-0.25, -0.2) is 4.98 Å². The molecule has 0 unspecified atom stereocenters.